The molecule has 7 aromatic rings. The van der Waals surface area contributed by atoms with E-state index in [1.807, 2.05) is 24.3 Å². The molecule has 40 heavy (non-hydrogen) atoms. The minimum absolute atomic E-state index is 0.459. The Labute approximate surface area is 231 Å². The van der Waals surface area contributed by atoms with Gasteiger partial charge in [0.1, 0.15) is 0 Å². The van der Waals surface area contributed by atoms with Crippen LogP contribution in [-0.2, 0) is 0 Å². The lowest BCUT2D eigenvalue weighted by Gasteiger charge is -2.25. The third-order valence-electron chi connectivity index (χ3n) is 7.36. The van der Waals surface area contributed by atoms with Crippen LogP contribution in [0.4, 0.5) is 17.1 Å². The molecule has 0 spiro atoms. The smallest absolute Gasteiger partial charge is 0.0992 e. The maximum absolute atomic E-state index is 9.69. The zero-order valence-electron chi connectivity index (χ0n) is 21.5. The van der Waals surface area contributed by atoms with Crippen LogP contribution >= 0.6 is 0 Å². The second-order valence-corrected chi connectivity index (χ2v) is 9.72. The van der Waals surface area contributed by atoms with E-state index in [-0.39, 0.29) is 0 Å². The lowest BCUT2D eigenvalue weighted by molar-refractivity contribution is 1.17. The first kappa shape index (κ1) is 23.3. The van der Waals surface area contributed by atoms with E-state index in [2.05, 4.69) is 125 Å². The number of anilines is 3. The number of hydrogen-bond acceptors (Lipinski definition) is 3. The summed E-state index contributed by atoms with van der Waals surface area (Å²) in [7, 11) is 0. The molecular formula is C36H22N4. The summed E-state index contributed by atoms with van der Waals surface area (Å²) in [6, 6.07) is 49.7. The summed E-state index contributed by atoms with van der Waals surface area (Å²) in [6.07, 6.45) is 0. The van der Waals surface area contributed by atoms with Gasteiger partial charge in [0, 0.05) is 33.5 Å². The molecule has 186 valence electrons. The molecular weight excluding hydrogens is 488 g/mol. The molecule has 4 nitrogen and oxygen atoms in total. The van der Waals surface area contributed by atoms with Gasteiger partial charge in [-0.1, -0.05) is 66.7 Å². The van der Waals surface area contributed by atoms with E-state index in [0.29, 0.717) is 11.1 Å². The van der Waals surface area contributed by atoms with Gasteiger partial charge in [0.05, 0.1) is 34.3 Å². The molecule has 0 aliphatic heterocycles. The van der Waals surface area contributed by atoms with Crippen molar-refractivity contribution in [1.29, 1.82) is 10.5 Å². The molecule has 7 rings (SSSR count). The molecule has 0 fully saturated rings. The predicted octanol–water partition coefficient (Wildman–Crippen LogP) is 9.15. The lowest BCUT2D eigenvalue weighted by Crippen LogP contribution is -2.09. The summed E-state index contributed by atoms with van der Waals surface area (Å²) in [5.74, 6) is 0. The van der Waals surface area contributed by atoms with Crippen molar-refractivity contribution in [3.05, 3.63) is 145 Å². The Bertz CT molecular complexity index is 2060. The number of aromatic nitrogens is 1. The van der Waals surface area contributed by atoms with Crippen LogP contribution < -0.4 is 4.90 Å². The largest absolute Gasteiger partial charge is 0.310 e. The first-order valence-electron chi connectivity index (χ1n) is 13.1. The van der Waals surface area contributed by atoms with Crippen molar-refractivity contribution >= 4 is 49.6 Å². The molecule has 4 heteroatoms. The fraction of sp³-hybridized carbons (Fsp3) is 0. The van der Waals surface area contributed by atoms with E-state index in [1.165, 1.54) is 0 Å². The maximum Gasteiger partial charge on any atom is 0.0992 e. The van der Waals surface area contributed by atoms with E-state index in [9.17, 15) is 10.5 Å². The lowest BCUT2D eigenvalue weighted by atomic mass is 10.0. The monoisotopic (exact) mass is 510 g/mol. The molecule has 0 bridgehead atoms. The standard InChI is InChI=1S/C36H22N4/c37-23-25-19-26(24-38)21-31(20-25)40-34-18-16-30(39(28-10-3-1-4-11-28)29-12-5-2-6-13-29)22-33(34)36-32-14-8-7-9-27(32)15-17-35(36)40/h1-22H. The van der Waals surface area contributed by atoms with E-state index in [1.54, 1.807) is 6.07 Å². The summed E-state index contributed by atoms with van der Waals surface area (Å²) in [4.78, 5) is 2.26. The normalized spacial score (nSPS) is 10.9. The highest BCUT2D eigenvalue weighted by atomic mass is 15.1. The highest BCUT2D eigenvalue weighted by Crippen LogP contribution is 2.41. The molecule has 6 aromatic carbocycles. The first-order chi connectivity index (χ1) is 19.7. The van der Waals surface area contributed by atoms with E-state index in [0.717, 1.165) is 55.3 Å². The first-order valence-corrected chi connectivity index (χ1v) is 13.1. The maximum atomic E-state index is 9.69. The second-order valence-electron chi connectivity index (χ2n) is 9.72. The van der Waals surface area contributed by atoms with Crippen molar-refractivity contribution < 1.29 is 0 Å². The molecule has 0 radical (unpaired) electrons. The van der Waals surface area contributed by atoms with Crippen LogP contribution in [0.3, 0.4) is 0 Å². The number of rotatable bonds is 4. The molecule has 0 amide bonds. The Balaban J connectivity index is 1.58. The average molecular weight is 511 g/mol. The molecule has 0 unspecified atom stereocenters. The van der Waals surface area contributed by atoms with Gasteiger partial charge in [-0.25, -0.2) is 0 Å². The van der Waals surface area contributed by atoms with Crippen LogP contribution in [0.15, 0.2) is 133 Å². The third kappa shape index (κ3) is 3.76. The molecule has 1 heterocycles. The fourth-order valence-electron chi connectivity index (χ4n) is 5.67. The molecule has 0 aliphatic carbocycles. The quantitative estimate of drug-likeness (QED) is 0.237. The van der Waals surface area contributed by atoms with Crippen LogP contribution in [0.1, 0.15) is 11.1 Å². The SMILES string of the molecule is N#Cc1cc(C#N)cc(-n2c3ccc(N(c4ccccc4)c4ccccc4)cc3c3c4ccccc4ccc32)c1. The predicted molar refractivity (Wildman–Crippen MR) is 162 cm³/mol. The number of nitrogens with zero attached hydrogens (tertiary/aromatic N) is 4. The Morgan fingerprint density at radius 2 is 1.10 bits per heavy atom. The molecule has 0 N–H and O–H groups in total. The van der Waals surface area contributed by atoms with Gasteiger partial charge in [-0.05, 0) is 77.5 Å². The van der Waals surface area contributed by atoms with Crippen LogP contribution in [0.25, 0.3) is 38.3 Å². The van der Waals surface area contributed by atoms with Gasteiger partial charge in [-0.2, -0.15) is 10.5 Å². The fourth-order valence-corrected chi connectivity index (χ4v) is 5.67. The van der Waals surface area contributed by atoms with Gasteiger partial charge in [0.2, 0.25) is 0 Å². The average Bonchev–Trinajstić information content (AvgIpc) is 3.36. The van der Waals surface area contributed by atoms with Crippen molar-refractivity contribution in [3.63, 3.8) is 0 Å². The van der Waals surface area contributed by atoms with E-state index in [4.69, 9.17) is 0 Å². The molecule has 0 saturated heterocycles. The zero-order chi connectivity index (χ0) is 27.1. The minimum Gasteiger partial charge on any atom is -0.310 e. The number of hydrogen-bond donors (Lipinski definition) is 0. The van der Waals surface area contributed by atoms with E-state index < -0.39 is 0 Å². The van der Waals surface area contributed by atoms with Crippen LogP contribution in [0, 0.1) is 22.7 Å². The van der Waals surface area contributed by atoms with Gasteiger partial charge in [-0.15, -0.1) is 0 Å². The summed E-state index contributed by atoms with van der Waals surface area (Å²) >= 11 is 0. The van der Waals surface area contributed by atoms with Gasteiger partial charge >= 0.3 is 0 Å². The van der Waals surface area contributed by atoms with Gasteiger partial charge in [0.25, 0.3) is 0 Å². The van der Waals surface area contributed by atoms with Crippen molar-refractivity contribution in [1.82, 2.24) is 4.57 Å². The number of fused-ring (bicyclic) bond motifs is 5. The second kappa shape index (κ2) is 9.48. The molecule has 0 aliphatic rings. The van der Waals surface area contributed by atoms with Crippen LogP contribution in [0.5, 0.6) is 0 Å². The number of para-hydroxylation sites is 2. The van der Waals surface area contributed by atoms with Crippen molar-refractivity contribution in [2.24, 2.45) is 0 Å². The van der Waals surface area contributed by atoms with Crippen LogP contribution in [0.2, 0.25) is 0 Å². The van der Waals surface area contributed by atoms with Gasteiger partial charge in [-0.3, -0.25) is 0 Å². The molecule has 0 atom stereocenters. The van der Waals surface area contributed by atoms with Crippen LogP contribution in [-0.4, -0.2) is 4.57 Å². The van der Waals surface area contributed by atoms with Crippen molar-refractivity contribution in [2.45, 2.75) is 0 Å². The summed E-state index contributed by atoms with van der Waals surface area (Å²) < 4.78 is 2.16. The third-order valence-corrected chi connectivity index (χ3v) is 7.36. The number of benzene rings is 6. The molecule has 1 aromatic heterocycles. The Morgan fingerprint density at radius 1 is 0.500 bits per heavy atom. The Kier molecular flexibility index (Phi) is 5.52. The Hall–Kier alpha value is -5.84. The zero-order valence-corrected chi connectivity index (χ0v) is 21.5. The van der Waals surface area contributed by atoms with Gasteiger partial charge in [0.15, 0.2) is 0 Å². The Morgan fingerprint density at radius 3 is 1.75 bits per heavy atom. The summed E-state index contributed by atoms with van der Waals surface area (Å²) in [6.45, 7) is 0. The summed E-state index contributed by atoms with van der Waals surface area (Å²) in [5, 5.41) is 23.9. The van der Waals surface area contributed by atoms with Crippen molar-refractivity contribution in [3.8, 4) is 17.8 Å². The highest BCUT2D eigenvalue weighted by molar-refractivity contribution is 6.22. The topological polar surface area (TPSA) is 55.8 Å². The highest BCUT2D eigenvalue weighted by Gasteiger charge is 2.19. The summed E-state index contributed by atoms with van der Waals surface area (Å²) in [5.41, 5.74) is 6.93. The van der Waals surface area contributed by atoms with E-state index >= 15 is 0 Å². The van der Waals surface area contributed by atoms with Crippen molar-refractivity contribution in [2.75, 3.05) is 4.90 Å². The molecule has 0 saturated carbocycles. The minimum atomic E-state index is 0.459. The van der Waals surface area contributed by atoms with Gasteiger partial charge < -0.3 is 9.47 Å². The number of nitriles is 2.